The average molecular weight is 226 g/mol. The molecule has 2 saturated heterocycles. The van der Waals surface area contributed by atoms with Gasteiger partial charge in [0.25, 0.3) is 0 Å². The van der Waals surface area contributed by atoms with E-state index in [1.54, 1.807) is 0 Å². The van der Waals surface area contributed by atoms with Crippen LogP contribution in [0.1, 0.15) is 27.2 Å². The maximum atomic E-state index is 11.7. The number of rotatable bonds is 1. The van der Waals surface area contributed by atoms with Gasteiger partial charge in [-0.15, -0.1) is 0 Å². The molecule has 0 aromatic rings. The molecule has 4 nitrogen and oxygen atoms in total. The first kappa shape index (κ1) is 11.7. The molecule has 0 aliphatic carbocycles. The van der Waals surface area contributed by atoms with Gasteiger partial charge >= 0.3 is 6.09 Å². The Bertz CT molecular complexity index is 261. The van der Waals surface area contributed by atoms with Crippen LogP contribution in [0.5, 0.6) is 0 Å². The fourth-order valence-electron chi connectivity index (χ4n) is 2.37. The minimum absolute atomic E-state index is 0.158. The second-order valence-electron chi connectivity index (χ2n) is 5.90. The lowest BCUT2D eigenvalue weighted by molar-refractivity contribution is -0.00925. The van der Waals surface area contributed by atoms with E-state index in [1.165, 1.54) is 6.42 Å². The lowest BCUT2D eigenvalue weighted by Crippen LogP contribution is -2.54. The molecule has 0 unspecified atom stereocenters. The number of carbonyl (C=O) groups is 1. The van der Waals surface area contributed by atoms with E-state index in [9.17, 15) is 4.79 Å². The minimum Gasteiger partial charge on any atom is -0.444 e. The molecule has 0 radical (unpaired) electrons. The van der Waals surface area contributed by atoms with Crippen molar-refractivity contribution in [2.45, 2.75) is 32.8 Å². The van der Waals surface area contributed by atoms with Crippen LogP contribution in [0.15, 0.2) is 0 Å². The zero-order chi connectivity index (χ0) is 11.8. The number of nitrogens with one attached hydrogen (secondary N) is 1. The summed E-state index contributed by atoms with van der Waals surface area (Å²) in [6.07, 6.45) is 1.10. The molecule has 2 heterocycles. The summed E-state index contributed by atoms with van der Waals surface area (Å²) >= 11 is 0. The highest BCUT2D eigenvalue weighted by Crippen LogP contribution is 2.29. The van der Waals surface area contributed by atoms with Gasteiger partial charge in [-0.05, 0) is 52.1 Å². The molecular weight excluding hydrogens is 204 g/mol. The topological polar surface area (TPSA) is 41.6 Å². The standard InChI is InChI=1S/C12H22N2O2/c1-12(2,3)16-11(15)14-7-10(8-14)9-4-5-13-6-9/h9-10,13H,4-8H2,1-3H3/t9-/m0/s1. The second kappa shape index (κ2) is 4.24. The first-order valence-corrected chi connectivity index (χ1v) is 6.14. The van der Waals surface area contributed by atoms with Gasteiger partial charge < -0.3 is 15.0 Å². The number of likely N-dealkylation sites (tertiary alicyclic amines) is 1. The predicted molar refractivity (Wildman–Crippen MR) is 62.3 cm³/mol. The van der Waals surface area contributed by atoms with Crippen molar-refractivity contribution >= 4 is 6.09 Å². The van der Waals surface area contributed by atoms with Gasteiger partial charge in [0.15, 0.2) is 0 Å². The third-order valence-electron chi connectivity index (χ3n) is 3.33. The maximum absolute atomic E-state index is 11.7. The molecule has 0 spiro atoms. The molecule has 0 saturated carbocycles. The Morgan fingerprint density at radius 1 is 1.31 bits per heavy atom. The van der Waals surface area contributed by atoms with Crippen LogP contribution in [0.3, 0.4) is 0 Å². The third-order valence-corrected chi connectivity index (χ3v) is 3.33. The summed E-state index contributed by atoms with van der Waals surface area (Å²) in [5.74, 6) is 1.45. The van der Waals surface area contributed by atoms with Gasteiger partial charge in [0.1, 0.15) is 5.60 Å². The van der Waals surface area contributed by atoms with Crippen molar-refractivity contribution in [3.8, 4) is 0 Å². The van der Waals surface area contributed by atoms with Crippen LogP contribution in [0.2, 0.25) is 0 Å². The SMILES string of the molecule is CC(C)(C)OC(=O)N1CC([C@H]2CCNC2)C1. The van der Waals surface area contributed by atoms with Gasteiger partial charge in [0, 0.05) is 13.1 Å². The van der Waals surface area contributed by atoms with Crippen molar-refractivity contribution < 1.29 is 9.53 Å². The van der Waals surface area contributed by atoms with E-state index in [1.807, 2.05) is 25.7 Å². The lowest BCUT2D eigenvalue weighted by Gasteiger charge is -2.42. The maximum Gasteiger partial charge on any atom is 0.410 e. The molecule has 16 heavy (non-hydrogen) atoms. The highest BCUT2D eigenvalue weighted by Gasteiger charge is 2.38. The fraction of sp³-hybridized carbons (Fsp3) is 0.917. The number of nitrogens with zero attached hydrogens (tertiary/aromatic N) is 1. The van der Waals surface area contributed by atoms with E-state index in [4.69, 9.17) is 4.74 Å². The third kappa shape index (κ3) is 2.67. The zero-order valence-electron chi connectivity index (χ0n) is 10.5. The number of hydrogen-bond donors (Lipinski definition) is 1. The molecule has 4 heteroatoms. The van der Waals surface area contributed by atoms with Gasteiger partial charge in [-0.1, -0.05) is 0 Å². The first-order valence-electron chi connectivity index (χ1n) is 6.14. The minimum atomic E-state index is -0.378. The molecule has 1 N–H and O–H groups in total. The Labute approximate surface area is 97.3 Å². The predicted octanol–water partition coefficient (Wildman–Crippen LogP) is 1.46. The van der Waals surface area contributed by atoms with Crippen molar-refractivity contribution in [2.75, 3.05) is 26.2 Å². The van der Waals surface area contributed by atoms with E-state index >= 15 is 0 Å². The number of ether oxygens (including phenoxy) is 1. The largest absolute Gasteiger partial charge is 0.444 e. The normalized spacial score (nSPS) is 26.7. The molecule has 0 bridgehead atoms. The van der Waals surface area contributed by atoms with Crippen LogP contribution in [0, 0.1) is 11.8 Å². The Morgan fingerprint density at radius 3 is 2.50 bits per heavy atom. The summed E-state index contributed by atoms with van der Waals surface area (Å²) in [6.45, 7) is 9.72. The average Bonchev–Trinajstić information content (AvgIpc) is 2.49. The van der Waals surface area contributed by atoms with E-state index in [2.05, 4.69) is 5.32 Å². The van der Waals surface area contributed by atoms with Crippen molar-refractivity contribution in [3.63, 3.8) is 0 Å². The molecule has 1 amide bonds. The molecule has 2 aliphatic rings. The van der Waals surface area contributed by atoms with Gasteiger partial charge in [-0.3, -0.25) is 0 Å². The molecule has 2 aliphatic heterocycles. The zero-order valence-corrected chi connectivity index (χ0v) is 10.5. The molecule has 2 fully saturated rings. The number of hydrogen-bond acceptors (Lipinski definition) is 3. The van der Waals surface area contributed by atoms with Gasteiger partial charge in [0.05, 0.1) is 0 Å². The monoisotopic (exact) mass is 226 g/mol. The fourth-order valence-corrected chi connectivity index (χ4v) is 2.37. The Morgan fingerprint density at radius 2 is 2.00 bits per heavy atom. The second-order valence-corrected chi connectivity index (χ2v) is 5.90. The smallest absolute Gasteiger partial charge is 0.410 e. The van der Waals surface area contributed by atoms with E-state index in [0.717, 1.165) is 32.1 Å². The number of amides is 1. The van der Waals surface area contributed by atoms with Crippen LogP contribution in [-0.4, -0.2) is 42.8 Å². The number of carbonyl (C=O) groups excluding carboxylic acids is 1. The van der Waals surface area contributed by atoms with E-state index in [0.29, 0.717) is 5.92 Å². The molecule has 0 aromatic heterocycles. The Hall–Kier alpha value is -0.770. The van der Waals surface area contributed by atoms with Gasteiger partial charge in [0.2, 0.25) is 0 Å². The van der Waals surface area contributed by atoms with E-state index in [-0.39, 0.29) is 11.7 Å². The molecule has 92 valence electrons. The summed E-state index contributed by atoms with van der Waals surface area (Å²) in [6, 6.07) is 0. The summed E-state index contributed by atoms with van der Waals surface area (Å²) in [5.41, 5.74) is -0.378. The van der Waals surface area contributed by atoms with Crippen LogP contribution in [0.4, 0.5) is 4.79 Å². The van der Waals surface area contributed by atoms with Crippen molar-refractivity contribution in [1.29, 1.82) is 0 Å². The first-order chi connectivity index (χ1) is 7.46. The molecule has 2 rings (SSSR count). The Balaban J connectivity index is 1.73. The molecule has 1 atom stereocenters. The highest BCUT2D eigenvalue weighted by molar-refractivity contribution is 5.69. The van der Waals surface area contributed by atoms with Crippen LogP contribution in [-0.2, 0) is 4.74 Å². The van der Waals surface area contributed by atoms with Gasteiger partial charge in [-0.2, -0.15) is 0 Å². The summed E-state index contributed by atoms with van der Waals surface area (Å²) in [4.78, 5) is 13.5. The van der Waals surface area contributed by atoms with Gasteiger partial charge in [-0.25, -0.2) is 4.79 Å². The summed E-state index contributed by atoms with van der Waals surface area (Å²) in [7, 11) is 0. The quantitative estimate of drug-likeness (QED) is 0.736. The van der Waals surface area contributed by atoms with Crippen molar-refractivity contribution in [1.82, 2.24) is 10.2 Å². The van der Waals surface area contributed by atoms with Crippen molar-refractivity contribution in [3.05, 3.63) is 0 Å². The summed E-state index contributed by atoms with van der Waals surface area (Å²) < 4.78 is 5.32. The van der Waals surface area contributed by atoms with E-state index < -0.39 is 0 Å². The van der Waals surface area contributed by atoms with Crippen LogP contribution < -0.4 is 5.32 Å². The molecular formula is C12H22N2O2. The highest BCUT2D eigenvalue weighted by atomic mass is 16.6. The lowest BCUT2D eigenvalue weighted by atomic mass is 9.85. The molecule has 0 aromatic carbocycles. The van der Waals surface area contributed by atoms with Crippen molar-refractivity contribution in [2.24, 2.45) is 11.8 Å². The Kier molecular flexibility index (Phi) is 3.10. The van der Waals surface area contributed by atoms with Crippen LogP contribution >= 0.6 is 0 Å². The summed E-state index contributed by atoms with van der Waals surface area (Å²) in [5, 5.41) is 3.37. The van der Waals surface area contributed by atoms with Crippen LogP contribution in [0.25, 0.3) is 0 Å².